The van der Waals surface area contributed by atoms with Crippen molar-refractivity contribution in [1.29, 1.82) is 5.26 Å². The fraction of sp³-hybridized carbons (Fsp3) is 0.0625. The molecule has 0 bridgehead atoms. The van der Waals surface area contributed by atoms with Crippen molar-refractivity contribution in [1.82, 2.24) is 10.3 Å². The molecule has 6 heteroatoms. The van der Waals surface area contributed by atoms with Gasteiger partial charge in [0, 0.05) is 0 Å². The predicted molar refractivity (Wildman–Crippen MR) is 87.3 cm³/mol. The fourth-order valence-corrected chi connectivity index (χ4v) is 2.75. The lowest BCUT2D eigenvalue weighted by Crippen LogP contribution is -2.23. The Hall–Kier alpha value is -2.91. The van der Waals surface area contributed by atoms with Gasteiger partial charge in [-0.25, -0.2) is 10.3 Å². The standard InChI is InChI=1S/C16H12N4OS/c1-11-19-14-9-12(7-8-15(14)22-11)20-16(18-10-17)21-13-5-3-2-4-6-13/h2-9H,1H3,(H,18,20). The Morgan fingerprint density at radius 1 is 1.27 bits per heavy atom. The summed E-state index contributed by atoms with van der Waals surface area (Å²) < 4.78 is 6.68. The highest BCUT2D eigenvalue weighted by atomic mass is 32.1. The maximum Gasteiger partial charge on any atom is 0.309 e. The van der Waals surface area contributed by atoms with E-state index in [9.17, 15) is 0 Å². The Labute approximate surface area is 131 Å². The van der Waals surface area contributed by atoms with Gasteiger partial charge in [0.1, 0.15) is 5.75 Å². The Balaban J connectivity index is 1.91. The smallest absolute Gasteiger partial charge is 0.309 e. The molecule has 0 saturated heterocycles. The minimum Gasteiger partial charge on any atom is -0.425 e. The molecule has 0 amide bonds. The summed E-state index contributed by atoms with van der Waals surface area (Å²) in [5.74, 6) is 0.606. The van der Waals surface area contributed by atoms with Crippen molar-refractivity contribution in [3.63, 3.8) is 0 Å². The first kappa shape index (κ1) is 14.0. The van der Waals surface area contributed by atoms with E-state index in [-0.39, 0.29) is 6.02 Å². The molecule has 3 aromatic rings. The van der Waals surface area contributed by atoms with Gasteiger partial charge < -0.3 is 4.74 Å². The number of aromatic nitrogens is 1. The Kier molecular flexibility index (Phi) is 3.99. The van der Waals surface area contributed by atoms with Crippen molar-refractivity contribution in [3.8, 4) is 11.9 Å². The summed E-state index contributed by atoms with van der Waals surface area (Å²) in [6, 6.07) is 15.0. The van der Waals surface area contributed by atoms with Gasteiger partial charge in [0.25, 0.3) is 0 Å². The highest BCUT2D eigenvalue weighted by molar-refractivity contribution is 7.18. The van der Waals surface area contributed by atoms with Crippen LogP contribution in [0.5, 0.6) is 5.75 Å². The Morgan fingerprint density at radius 3 is 2.86 bits per heavy atom. The van der Waals surface area contributed by atoms with Gasteiger partial charge >= 0.3 is 6.02 Å². The van der Waals surface area contributed by atoms with Crippen molar-refractivity contribution in [2.75, 3.05) is 0 Å². The molecule has 0 radical (unpaired) electrons. The maximum absolute atomic E-state index is 8.84. The molecule has 0 aliphatic carbocycles. The number of aryl methyl sites for hydroxylation is 1. The van der Waals surface area contributed by atoms with Crippen LogP contribution in [0.25, 0.3) is 10.2 Å². The average Bonchev–Trinajstić information content (AvgIpc) is 2.88. The third-order valence-electron chi connectivity index (χ3n) is 2.83. The number of ether oxygens (including phenoxy) is 1. The van der Waals surface area contributed by atoms with Crippen LogP contribution < -0.4 is 10.1 Å². The minimum atomic E-state index is 0.125. The predicted octanol–water partition coefficient (Wildman–Crippen LogP) is 3.74. The first-order valence-corrected chi connectivity index (χ1v) is 7.40. The third-order valence-corrected chi connectivity index (χ3v) is 3.78. The molecular formula is C16H12N4OS. The second-order valence-corrected chi connectivity index (χ2v) is 5.69. The molecule has 0 spiro atoms. The van der Waals surface area contributed by atoms with Crippen LogP contribution in [0.1, 0.15) is 5.01 Å². The van der Waals surface area contributed by atoms with Crippen LogP contribution in [0.15, 0.2) is 53.5 Å². The van der Waals surface area contributed by atoms with Crippen LogP contribution >= 0.6 is 11.3 Å². The number of benzene rings is 2. The Morgan fingerprint density at radius 2 is 2.09 bits per heavy atom. The monoisotopic (exact) mass is 308 g/mol. The molecular weight excluding hydrogens is 296 g/mol. The number of nitriles is 1. The summed E-state index contributed by atoms with van der Waals surface area (Å²) in [5.41, 5.74) is 1.56. The van der Waals surface area contributed by atoms with E-state index < -0.39 is 0 Å². The van der Waals surface area contributed by atoms with E-state index in [1.54, 1.807) is 23.5 Å². The minimum absolute atomic E-state index is 0.125. The lowest BCUT2D eigenvalue weighted by Gasteiger charge is -2.06. The summed E-state index contributed by atoms with van der Waals surface area (Å²) in [5, 5.41) is 12.3. The number of rotatable bonds is 2. The number of hydrogen-bond acceptors (Lipinski definition) is 5. The second-order valence-electron chi connectivity index (χ2n) is 4.45. The molecule has 0 aliphatic rings. The van der Waals surface area contributed by atoms with Crippen molar-refractivity contribution in [3.05, 3.63) is 53.5 Å². The number of para-hydroxylation sites is 1. The van der Waals surface area contributed by atoms with E-state index in [0.29, 0.717) is 11.4 Å². The molecule has 0 unspecified atom stereocenters. The van der Waals surface area contributed by atoms with Crippen LogP contribution in [0, 0.1) is 18.4 Å². The number of aliphatic imine (C=N–C) groups is 1. The summed E-state index contributed by atoms with van der Waals surface area (Å²) in [6.45, 7) is 1.97. The average molecular weight is 308 g/mol. The van der Waals surface area contributed by atoms with Gasteiger partial charge in [0.15, 0.2) is 6.19 Å². The number of amidine groups is 1. The van der Waals surface area contributed by atoms with Crippen molar-refractivity contribution in [2.24, 2.45) is 4.99 Å². The molecule has 1 aromatic heterocycles. The van der Waals surface area contributed by atoms with E-state index >= 15 is 0 Å². The number of hydrogen-bond donors (Lipinski definition) is 1. The lowest BCUT2D eigenvalue weighted by atomic mass is 10.3. The summed E-state index contributed by atoms with van der Waals surface area (Å²) in [6.07, 6.45) is 1.83. The highest BCUT2D eigenvalue weighted by Gasteiger charge is 2.05. The van der Waals surface area contributed by atoms with E-state index in [4.69, 9.17) is 10.00 Å². The molecule has 0 fully saturated rings. The molecule has 1 heterocycles. The van der Waals surface area contributed by atoms with Crippen LogP contribution in [-0.2, 0) is 0 Å². The van der Waals surface area contributed by atoms with Gasteiger partial charge in [0.05, 0.1) is 20.9 Å². The number of fused-ring (bicyclic) bond motifs is 1. The van der Waals surface area contributed by atoms with Crippen molar-refractivity contribution < 1.29 is 4.74 Å². The normalized spacial score (nSPS) is 11.2. The second kappa shape index (κ2) is 6.24. The van der Waals surface area contributed by atoms with Gasteiger partial charge in [0.2, 0.25) is 0 Å². The zero-order valence-corrected chi connectivity index (χ0v) is 12.6. The number of nitrogens with zero attached hydrogens (tertiary/aromatic N) is 3. The van der Waals surface area contributed by atoms with Gasteiger partial charge in [-0.05, 0) is 37.3 Å². The largest absolute Gasteiger partial charge is 0.425 e. The molecule has 3 rings (SSSR count). The molecule has 22 heavy (non-hydrogen) atoms. The third kappa shape index (κ3) is 3.22. The van der Waals surface area contributed by atoms with Crippen LogP contribution in [0.2, 0.25) is 0 Å². The molecule has 2 aromatic carbocycles. The SMILES string of the molecule is Cc1nc2cc(N=C(NC#N)Oc3ccccc3)ccc2s1. The first-order valence-electron chi connectivity index (χ1n) is 6.58. The summed E-state index contributed by atoms with van der Waals surface area (Å²) in [7, 11) is 0. The van der Waals surface area contributed by atoms with Crippen molar-refractivity contribution in [2.45, 2.75) is 6.92 Å². The highest BCUT2D eigenvalue weighted by Crippen LogP contribution is 2.25. The molecule has 1 N–H and O–H groups in total. The van der Waals surface area contributed by atoms with Crippen LogP contribution in [0.4, 0.5) is 5.69 Å². The number of nitrogens with one attached hydrogen (secondary N) is 1. The van der Waals surface area contributed by atoms with E-state index in [2.05, 4.69) is 15.3 Å². The summed E-state index contributed by atoms with van der Waals surface area (Å²) >= 11 is 1.63. The first-order chi connectivity index (χ1) is 10.7. The zero-order chi connectivity index (χ0) is 15.4. The van der Waals surface area contributed by atoms with Crippen molar-refractivity contribution >= 4 is 33.3 Å². The molecule has 5 nitrogen and oxygen atoms in total. The lowest BCUT2D eigenvalue weighted by molar-refractivity contribution is 0.531. The Bertz CT molecular complexity index is 865. The number of thiazole rings is 1. The van der Waals surface area contributed by atoms with Gasteiger partial charge in [-0.1, -0.05) is 18.2 Å². The fourth-order valence-electron chi connectivity index (χ4n) is 1.94. The van der Waals surface area contributed by atoms with E-state index in [0.717, 1.165) is 15.2 Å². The van der Waals surface area contributed by atoms with Gasteiger partial charge in [-0.3, -0.25) is 0 Å². The molecule has 0 saturated carbocycles. The van der Waals surface area contributed by atoms with Gasteiger partial charge in [-0.15, -0.1) is 11.3 Å². The quantitative estimate of drug-likeness (QED) is 0.339. The molecule has 108 valence electrons. The maximum atomic E-state index is 8.84. The van der Waals surface area contributed by atoms with Crippen LogP contribution in [-0.4, -0.2) is 11.0 Å². The molecule has 0 aliphatic heterocycles. The van der Waals surface area contributed by atoms with E-state index in [1.807, 2.05) is 49.5 Å². The topological polar surface area (TPSA) is 70.3 Å². The van der Waals surface area contributed by atoms with E-state index in [1.165, 1.54) is 0 Å². The van der Waals surface area contributed by atoms with Crippen LogP contribution in [0.3, 0.4) is 0 Å². The summed E-state index contributed by atoms with van der Waals surface area (Å²) in [4.78, 5) is 8.76. The molecule has 0 atom stereocenters. The zero-order valence-electron chi connectivity index (χ0n) is 11.8. The van der Waals surface area contributed by atoms with Gasteiger partial charge in [-0.2, -0.15) is 10.3 Å².